The van der Waals surface area contributed by atoms with Crippen molar-refractivity contribution in [2.45, 2.75) is 60.2 Å². The minimum absolute atomic E-state index is 0.269. The van der Waals surface area contributed by atoms with E-state index in [4.69, 9.17) is 18.9 Å². The van der Waals surface area contributed by atoms with E-state index in [2.05, 4.69) is 0 Å². The topological polar surface area (TPSA) is 134 Å². The predicted molar refractivity (Wildman–Crippen MR) is 92.1 cm³/mol. The first-order valence-electron chi connectivity index (χ1n) is 7.65. The summed E-state index contributed by atoms with van der Waals surface area (Å²) in [6, 6.07) is 3.55. The normalized spacial score (nSPS) is 15.8. The minimum atomic E-state index is -4.07. The molecule has 144 valence electrons. The van der Waals surface area contributed by atoms with Gasteiger partial charge in [-0.1, -0.05) is 41.5 Å². The summed E-state index contributed by atoms with van der Waals surface area (Å²) in [6.07, 6.45) is -2.61. The van der Waals surface area contributed by atoms with Gasteiger partial charge in [-0.2, -0.15) is 27.4 Å². The Morgan fingerprint density at radius 1 is 0.760 bits per heavy atom. The Bertz CT molecular complexity index is 667. The van der Waals surface area contributed by atoms with Crippen LogP contribution >= 0.6 is 0 Å². The SMILES string of the molecule is CC(C)(C)C(C#N)OS(=O)(=O)CCCS(=O)(=O)OC(C#N)C(C)(C)C. The molecule has 0 saturated heterocycles. The van der Waals surface area contributed by atoms with E-state index in [1.807, 2.05) is 0 Å². The molecule has 0 fully saturated rings. The quantitative estimate of drug-likeness (QED) is 0.570. The van der Waals surface area contributed by atoms with Crippen molar-refractivity contribution >= 4 is 20.2 Å². The summed E-state index contributed by atoms with van der Waals surface area (Å²) in [5.41, 5.74) is -1.41. The van der Waals surface area contributed by atoms with Gasteiger partial charge in [0, 0.05) is 10.8 Å². The van der Waals surface area contributed by atoms with Gasteiger partial charge in [0.2, 0.25) is 0 Å². The van der Waals surface area contributed by atoms with E-state index in [1.54, 1.807) is 53.7 Å². The van der Waals surface area contributed by atoms with Crippen LogP contribution in [-0.4, -0.2) is 40.5 Å². The van der Waals surface area contributed by atoms with E-state index in [1.165, 1.54) is 0 Å². The van der Waals surface area contributed by atoms with Crippen molar-refractivity contribution in [1.29, 1.82) is 10.5 Å². The van der Waals surface area contributed by atoms with Crippen molar-refractivity contribution in [2.24, 2.45) is 10.8 Å². The maximum absolute atomic E-state index is 11.9. The Hall–Kier alpha value is -1.20. The molecule has 0 aliphatic heterocycles. The van der Waals surface area contributed by atoms with Crippen LogP contribution in [-0.2, 0) is 28.6 Å². The Labute approximate surface area is 151 Å². The average Bonchev–Trinajstić information content (AvgIpc) is 2.39. The molecule has 0 aromatic carbocycles. The van der Waals surface area contributed by atoms with Gasteiger partial charge in [-0.15, -0.1) is 0 Å². The maximum Gasteiger partial charge on any atom is 0.268 e. The molecule has 0 amide bonds. The number of rotatable bonds is 8. The molecule has 0 aromatic rings. The Balaban J connectivity index is 4.79. The van der Waals surface area contributed by atoms with E-state index in [0.717, 1.165) is 0 Å². The van der Waals surface area contributed by atoms with Crippen molar-refractivity contribution in [1.82, 2.24) is 0 Å². The van der Waals surface area contributed by atoms with Gasteiger partial charge in [0.1, 0.15) is 0 Å². The molecule has 2 atom stereocenters. The van der Waals surface area contributed by atoms with Crippen LogP contribution in [0.2, 0.25) is 0 Å². The van der Waals surface area contributed by atoms with Crippen molar-refractivity contribution in [2.75, 3.05) is 11.5 Å². The summed E-state index contributed by atoms with van der Waals surface area (Å²) in [5, 5.41) is 18.0. The minimum Gasteiger partial charge on any atom is -0.251 e. The molecule has 8 nitrogen and oxygen atoms in total. The second-order valence-electron chi connectivity index (χ2n) is 7.82. The predicted octanol–water partition coefficient (Wildman–Crippen LogP) is 1.95. The van der Waals surface area contributed by atoms with Crippen LogP contribution in [0.1, 0.15) is 48.0 Å². The standard InChI is InChI=1S/C15H26N2O6S2/c1-14(2,3)12(10-16)22-24(18,19)8-7-9-25(20,21)23-13(11-17)15(4,5)6/h12-13H,7-9H2,1-6H3. The summed E-state index contributed by atoms with van der Waals surface area (Å²) in [7, 11) is -8.14. The van der Waals surface area contributed by atoms with Crippen LogP contribution in [0.3, 0.4) is 0 Å². The summed E-state index contributed by atoms with van der Waals surface area (Å²) in [4.78, 5) is 0. The first-order valence-corrected chi connectivity index (χ1v) is 10.8. The summed E-state index contributed by atoms with van der Waals surface area (Å²) in [5.74, 6) is -1.15. The van der Waals surface area contributed by atoms with E-state index >= 15 is 0 Å². The Kier molecular flexibility index (Phi) is 8.05. The van der Waals surface area contributed by atoms with Gasteiger partial charge in [0.15, 0.2) is 12.2 Å². The van der Waals surface area contributed by atoms with Gasteiger partial charge in [0.25, 0.3) is 20.2 Å². The zero-order valence-corrected chi connectivity index (χ0v) is 17.1. The molecule has 0 aromatic heterocycles. The molecule has 0 heterocycles. The third-order valence-electron chi connectivity index (χ3n) is 3.08. The Morgan fingerprint density at radius 2 is 1.04 bits per heavy atom. The lowest BCUT2D eigenvalue weighted by Crippen LogP contribution is -2.32. The van der Waals surface area contributed by atoms with Crippen LogP contribution < -0.4 is 0 Å². The van der Waals surface area contributed by atoms with Gasteiger partial charge < -0.3 is 0 Å². The second-order valence-corrected chi connectivity index (χ2v) is 11.3. The number of nitrogens with zero attached hydrogens (tertiary/aromatic N) is 2. The van der Waals surface area contributed by atoms with Gasteiger partial charge in [-0.3, -0.25) is 8.37 Å². The van der Waals surface area contributed by atoms with Crippen LogP contribution in [0.15, 0.2) is 0 Å². The molecule has 0 spiro atoms. The van der Waals surface area contributed by atoms with Gasteiger partial charge in [-0.25, -0.2) is 0 Å². The molecule has 0 radical (unpaired) electrons. The highest BCUT2D eigenvalue weighted by Gasteiger charge is 2.32. The fraction of sp³-hybridized carbons (Fsp3) is 0.867. The van der Waals surface area contributed by atoms with E-state index in [9.17, 15) is 16.8 Å². The first kappa shape index (κ1) is 23.8. The van der Waals surface area contributed by atoms with Crippen LogP contribution in [0.5, 0.6) is 0 Å². The molecule has 0 N–H and O–H groups in total. The van der Waals surface area contributed by atoms with E-state index in [-0.39, 0.29) is 6.42 Å². The molecule has 2 unspecified atom stereocenters. The molecular formula is C15H26N2O6S2. The molecule has 0 aliphatic carbocycles. The monoisotopic (exact) mass is 394 g/mol. The molecule has 0 aliphatic rings. The van der Waals surface area contributed by atoms with Gasteiger partial charge in [-0.05, 0) is 6.42 Å². The average molecular weight is 395 g/mol. The zero-order valence-electron chi connectivity index (χ0n) is 15.4. The third-order valence-corrected chi connectivity index (χ3v) is 5.63. The van der Waals surface area contributed by atoms with E-state index < -0.39 is 54.8 Å². The highest BCUT2D eigenvalue weighted by Crippen LogP contribution is 2.25. The van der Waals surface area contributed by atoms with Crippen molar-refractivity contribution in [3.05, 3.63) is 0 Å². The van der Waals surface area contributed by atoms with Gasteiger partial charge >= 0.3 is 0 Å². The number of hydrogen-bond donors (Lipinski definition) is 0. The summed E-state index contributed by atoms with van der Waals surface area (Å²) in [6.45, 7) is 9.94. The molecular weight excluding hydrogens is 368 g/mol. The molecule has 10 heteroatoms. The Morgan fingerprint density at radius 3 is 1.24 bits per heavy atom. The molecule has 0 bridgehead atoms. The second kappa shape index (κ2) is 8.45. The van der Waals surface area contributed by atoms with Crippen LogP contribution in [0.25, 0.3) is 0 Å². The lowest BCUT2D eigenvalue weighted by Gasteiger charge is -2.24. The van der Waals surface area contributed by atoms with E-state index in [0.29, 0.717) is 0 Å². The number of hydrogen-bond acceptors (Lipinski definition) is 8. The maximum atomic E-state index is 11.9. The van der Waals surface area contributed by atoms with Crippen LogP contribution in [0.4, 0.5) is 0 Å². The highest BCUT2D eigenvalue weighted by molar-refractivity contribution is 7.87. The number of nitriles is 2. The van der Waals surface area contributed by atoms with Crippen molar-refractivity contribution in [3.63, 3.8) is 0 Å². The van der Waals surface area contributed by atoms with Gasteiger partial charge in [0.05, 0.1) is 23.6 Å². The first-order chi connectivity index (χ1) is 11.0. The van der Waals surface area contributed by atoms with Crippen LogP contribution in [0, 0.1) is 33.5 Å². The largest absolute Gasteiger partial charge is 0.268 e. The smallest absolute Gasteiger partial charge is 0.251 e. The van der Waals surface area contributed by atoms with Crippen molar-refractivity contribution in [3.8, 4) is 12.1 Å². The lowest BCUT2D eigenvalue weighted by atomic mass is 9.90. The lowest BCUT2D eigenvalue weighted by molar-refractivity contribution is 0.140. The van der Waals surface area contributed by atoms with Crippen molar-refractivity contribution < 1.29 is 25.2 Å². The molecule has 0 rings (SSSR count). The summed E-state index contributed by atoms with van der Waals surface area (Å²) < 4.78 is 57.3. The highest BCUT2D eigenvalue weighted by atomic mass is 32.2. The molecule has 0 saturated carbocycles. The zero-order chi connectivity index (χ0) is 20.1. The fourth-order valence-corrected chi connectivity index (χ4v) is 4.14. The molecule has 25 heavy (non-hydrogen) atoms. The summed E-state index contributed by atoms with van der Waals surface area (Å²) >= 11 is 0. The fourth-order valence-electron chi connectivity index (χ4n) is 1.52. The third kappa shape index (κ3) is 9.17.